The van der Waals surface area contributed by atoms with Gasteiger partial charge in [-0.1, -0.05) is 59.4 Å². The fraction of sp³-hybridized carbons (Fsp3) is 0.0741. The highest BCUT2D eigenvalue weighted by molar-refractivity contribution is 7.91. The summed E-state index contributed by atoms with van der Waals surface area (Å²) in [4.78, 5) is 13.7. The monoisotopic (exact) mass is 654 g/mol. The molecule has 3 aromatic carbocycles. The van der Waals surface area contributed by atoms with Gasteiger partial charge in [-0.05, 0) is 41.5 Å². The van der Waals surface area contributed by atoms with E-state index in [0.29, 0.717) is 55.1 Å². The molecular formula is C27H17ClF6N6OS2. The highest BCUT2D eigenvalue weighted by Gasteiger charge is 2.37. The lowest BCUT2D eigenvalue weighted by atomic mass is 10.0. The van der Waals surface area contributed by atoms with Crippen LogP contribution in [0.5, 0.6) is 0 Å². The fourth-order valence-corrected chi connectivity index (χ4v) is 6.19. The molecule has 0 aliphatic rings. The van der Waals surface area contributed by atoms with E-state index in [-0.39, 0.29) is 22.2 Å². The van der Waals surface area contributed by atoms with Gasteiger partial charge in [0.25, 0.3) is 0 Å². The van der Waals surface area contributed by atoms with E-state index in [4.69, 9.17) is 16.0 Å². The van der Waals surface area contributed by atoms with Gasteiger partial charge < -0.3 is 19.4 Å². The van der Waals surface area contributed by atoms with Crippen molar-refractivity contribution in [1.29, 1.82) is 0 Å². The van der Waals surface area contributed by atoms with E-state index in [1.165, 1.54) is 6.07 Å². The third-order valence-corrected chi connectivity index (χ3v) is 7.93. The van der Waals surface area contributed by atoms with Gasteiger partial charge in [0.15, 0.2) is 21.7 Å². The summed E-state index contributed by atoms with van der Waals surface area (Å²) in [5.41, 5.74) is 0.155. The first-order valence-electron chi connectivity index (χ1n) is 12.2. The molecule has 0 spiro atoms. The highest BCUT2D eigenvalue weighted by atomic mass is 35.5. The Kier molecular flexibility index (Phi) is 7.56. The number of hydrogen-bond acceptors (Lipinski definition) is 4. The average molecular weight is 655 g/mol. The number of aromatic nitrogens is 6. The SMILES string of the molecule is FC(F)(F)c1cc(-c2nnc([SH]=c3cc(Cl)nc([SH]=c4[nH]c5cc(-c6ccccc6)ccc5o4)[nH]3)[nH]2)cc(C(F)(F)F)c1. The van der Waals surface area contributed by atoms with Gasteiger partial charge >= 0.3 is 12.4 Å². The molecule has 0 saturated carbocycles. The van der Waals surface area contributed by atoms with E-state index < -0.39 is 29.0 Å². The molecule has 6 rings (SSSR count). The number of oxazole rings is 1. The van der Waals surface area contributed by atoms with Crippen LogP contribution in [0.2, 0.25) is 5.15 Å². The van der Waals surface area contributed by atoms with Crippen molar-refractivity contribution in [2.24, 2.45) is 0 Å². The maximum absolute atomic E-state index is 13.3. The average Bonchev–Trinajstić information content (AvgIpc) is 3.58. The van der Waals surface area contributed by atoms with Crippen molar-refractivity contribution in [3.05, 3.63) is 98.6 Å². The van der Waals surface area contributed by atoms with E-state index in [0.717, 1.165) is 16.6 Å². The van der Waals surface area contributed by atoms with E-state index in [2.05, 4.69) is 30.1 Å². The van der Waals surface area contributed by atoms with E-state index in [1.54, 1.807) is 0 Å². The summed E-state index contributed by atoms with van der Waals surface area (Å²) in [6.07, 6.45) is -9.98. The van der Waals surface area contributed by atoms with Gasteiger partial charge in [-0.25, -0.2) is 4.98 Å². The lowest BCUT2D eigenvalue weighted by Gasteiger charge is -2.13. The van der Waals surface area contributed by atoms with Crippen molar-refractivity contribution in [3.63, 3.8) is 0 Å². The van der Waals surface area contributed by atoms with Crippen molar-refractivity contribution in [2.45, 2.75) is 22.7 Å². The molecular weight excluding hydrogens is 638 g/mol. The molecule has 0 unspecified atom stereocenters. The van der Waals surface area contributed by atoms with Crippen molar-refractivity contribution < 1.29 is 30.8 Å². The molecule has 3 aromatic heterocycles. The predicted molar refractivity (Wildman–Crippen MR) is 152 cm³/mol. The number of alkyl halides is 6. The molecule has 0 atom stereocenters. The van der Waals surface area contributed by atoms with E-state index in [1.807, 2.05) is 48.5 Å². The van der Waals surface area contributed by atoms with Gasteiger partial charge in [0.05, 0.1) is 21.3 Å². The summed E-state index contributed by atoms with van der Waals surface area (Å²) >= 11 is 7.10. The van der Waals surface area contributed by atoms with Crippen LogP contribution in [0.4, 0.5) is 26.3 Å². The summed E-state index contributed by atoms with van der Waals surface area (Å²) in [5, 5.41) is 8.34. The van der Waals surface area contributed by atoms with Crippen LogP contribution in [-0.4, -0.2) is 30.1 Å². The molecule has 7 nitrogen and oxygen atoms in total. The van der Waals surface area contributed by atoms with Crippen molar-refractivity contribution in [2.75, 3.05) is 0 Å². The summed E-state index contributed by atoms with van der Waals surface area (Å²) in [7, 11) is 0. The quantitative estimate of drug-likeness (QED) is 0.0432. The number of nitrogens with zero attached hydrogens (tertiary/aromatic N) is 3. The van der Waals surface area contributed by atoms with Crippen LogP contribution in [-0.2, 0) is 12.4 Å². The summed E-state index contributed by atoms with van der Waals surface area (Å²) < 4.78 is 86.1. The minimum atomic E-state index is -4.99. The molecule has 0 bridgehead atoms. The summed E-state index contributed by atoms with van der Waals surface area (Å²) in [6, 6.07) is 18.3. The van der Waals surface area contributed by atoms with Crippen molar-refractivity contribution >= 4 is 45.4 Å². The Morgan fingerprint density at radius 1 is 0.674 bits per heavy atom. The van der Waals surface area contributed by atoms with Crippen molar-refractivity contribution in [3.8, 4) is 22.5 Å². The molecule has 6 aromatic rings. The lowest BCUT2D eigenvalue weighted by Crippen LogP contribution is -2.11. The zero-order chi connectivity index (χ0) is 30.4. The molecule has 43 heavy (non-hydrogen) atoms. The van der Waals surface area contributed by atoms with Crippen LogP contribution in [0, 0.1) is 9.48 Å². The lowest BCUT2D eigenvalue weighted by molar-refractivity contribution is -0.143. The van der Waals surface area contributed by atoms with E-state index >= 15 is 0 Å². The zero-order valence-corrected chi connectivity index (χ0v) is 23.8. The molecule has 3 heterocycles. The summed E-state index contributed by atoms with van der Waals surface area (Å²) in [5.74, 6) is -0.260. The summed E-state index contributed by atoms with van der Waals surface area (Å²) in [6.45, 7) is 0. The third kappa shape index (κ3) is 6.63. The Hall–Kier alpha value is -4.08. The smallest absolute Gasteiger partial charge is 0.416 e. The first-order chi connectivity index (χ1) is 20.4. The molecule has 0 saturated heterocycles. The Morgan fingerprint density at radius 3 is 2.09 bits per heavy atom. The third-order valence-electron chi connectivity index (χ3n) is 6.01. The van der Waals surface area contributed by atoms with Gasteiger partial charge in [0.2, 0.25) is 4.84 Å². The van der Waals surface area contributed by atoms with Crippen LogP contribution in [0.15, 0.2) is 87.5 Å². The molecule has 3 N–H and O–H groups in total. The maximum Gasteiger partial charge on any atom is 0.416 e. The van der Waals surface area contributed by atoms with Gasteiger partial charge in [0.1, 0.15) is 5.15 Å². The topological polar surface area (TPSA) is 99.2 Å². The number of rotatable bonds is 4. The standard InChI is InChI=1S/C27H17ClF6N6OS2/c28-20-12-21(42-24-38-22(39-40-24)15-8-16(26(29,30)31)11-17(9-15)27(32,33)34)37-23(36-20)43-25-35-18-10-14(6-7-19(18)41-25)13-4-2-1-3-5-13/h1-12,35,42-43H,(H,36,37)(H,38,39,40). The van der Waals surface area contributed by atoms with Gasteiger partial charge in [0, 0.05) is 11.6 Å². The molecule has 0 aliphatic carbocycles. The number of thiol groups is 2. The van der Waals surface area contributed by atoms with Gasteiger partial charge in [-0.3, -0.25) is 0 Å². The molecule has 0 radical (unpaired) electrons. The first kappa shape index (κ1) is 29.0. The molecule has 16 heteroatoms. The Balaban J connectivity index is 1.33. The van der Waals surface area contributed by atoms with Crippen LogP contribution in [0.25, 0.3) is 33.6 Å². The number of fused-ring (bicyclic) bond motifs is 1. The highest BCUT2D eigenvalue weighted by Crippen LogP contribution is 2.38. The number of benzene rings is 3. The molecule has 0 fully saturated rings. The number of halogens is 7. The Morgan fingerprint density at radius 2 is 1.40 bits per heavy atom. The minimum absolute atomic E-state index is 0.0509. The van der Waals surface area contributed by atoms with E-state index in [9.17, 15) is 26.3 Å². The number of hydrogen-bond donors (Lipinski definition) is 5. The predicted octanol–water partition coefficient (Wildman–Crippen LogP) is 8.74. The Bertz CT molecular complexity index is 2070. The number of nitrogens with one attached hydrogen (secondary N) is 3. The molecule has 0 amide bonds. The maximum atomic E-state index is 13.3. The molecule has 0 aliphatic heterocycles. The second kappa shape index (κ2) is 11.2. The fourth-order valence-electron chi connectivity index (χ4n) is 4.10. The first-order valence-corrected chi connectivity index (χ1v) is 14.3. The Labute approximate surface area is 249 Å². The van der Waals surface area contributed by atoms with Crippen LogP contribution >= 0.6 is 34.3 Å². The molecule has 222 valence electrons. The largest absolute Gasteiger partial charge is 0.433 e. The number of aromatic amines is 3. The van der Waals surface area contributed by atoms with Crippen LogP contribution < -0.4 is 0 Å². The second-order valence-corrected chi connectivity index (χ2v) is 11.6. The van der Waals surface area contributed by atoms with Crippen molar-refractivity contribution in [1.82, 2.24) is 30.1 Å². The zero-order valence-electron chi connectivity index (χ0n) is 21.2. The van der Waals surface area contributed by atoms with Crippen LogP contribution in [0.3, 0.4) is 0 Å². The second-order valence-electron chi connectivity index (χ2n) is 9.04. The normalized spacial score (nSPS) is 13.7. The van der Waals surface area contributed by atoms with Crippen LogP contribution in [0.1, 0.15) is 11.1 Å². The minimum Gasteiger partial charge on any atom is -0.433 e. The van der Waals surface area contributed by atoms with Gasteiger partial charge in [-0.2, -0.15) is 26.3 Å². The van der Waals surface area contributed by atoms with Gasteiger partial charge in [-0.15, -0.1) is 21.5 Å². The number of H-pyrrole nitrogens is 3.